The maximum atomic E-state index is 13.8. The van der Waals surface area contributed by atoms with Gasteiger partial charge in [0.25, 0.3) is 11.8 Å². The molecule has 0 bridgehead atoms. The maximum Gasteiger partial charge on any atom is 0.435 e. The van der Waals surface area contributed by atoms with E-state index >= 15 is 0 Å². The van der Waals surface area contributed by atoms with Gasteiger partial charge in [-0.1, -0.05) is 25.4 Å². The van der Waals surface area contributed by atoms with Gasteiger partial charge in [0.1, 0.15) is 0 Å². The topological polar surface area (TPSA) is 143 Å². The molecule has 2 aromatic heterocycles. The van der Waals surface area contributed by atoms with Gasteiger partial charge in [0.15, 0.2) is 11.5 Å². The van der Waals surface area contributed by atoms with Crippen molar-refractivity contribution in [3.8, 4) is 11.3 Å². The summed E-state index contributed by atoms with van der Waals surface area (Å²) in [5.41, 5.74) is 5.10. The van der Waals surface area contributed by atoms with E-state index in [1.165, 1.54) is 46.9 Å². The zero-order valence-electron chi connectivity index (χ0n) is 25.1. The van der Waals surface area contributed by atoms with Crippen molar-refractivity contribution < 1.29 is 27.6 Å². The number of nitrogens with zero attached hydrogens (tertiary/aromatic N) is 6. The fraction of sp³-hybridized carbons (Fsp3) is 0.483. The molecule has 12 nitrogen and oxygen atoms in total. The van der Waals surface area contributed by atoms with Crippen LogP contribution in [-0.2, 0) is 19.8 Å². The number of rotatable bonds is 7. The molecule has 3 heterocycles. The molecule has 45 heavy (non-hydrogen) atoms. The van der Waals surface area contributed by atoms with Crippen molar-refractivity contribution in [1.29, 1.82) is 0 Å². The lowest BCUT2D eigenvalue weighted by atomic mass is 9.88. The van der Waals surface area contributed by atoms with Gasteiger partial charge in [-0.15, -0.1) is 0 Å². The highest BCUT2D eigenvalue weighted by atomic mass is 35.5. The van der Waals surface area contributed by atoms with Crippen LogP contribution in [0.3, 0.4) is 0 Å². The lowest BCUT2D eigenvalue weighted by Crippen LogP contribution is -2.57. The van der Waals surface area contributed by atoms with Crippen LogP contribution >= 0.6 is 11.6 Å². The Bertz CT molecular complexity index is 1590. The van der Waals surface area contributed by atoms with Crippen LogP contribution in [0.25, 0.3) is 11.3 Å². The Labute approximate surface area is 262 Å². The first kappa shape index (κ1) is 32.3. The Balaban J connectivity index is 1.23. The zero-order valence-corrected chi connectivity index (χ0v) is 25.8. The first-order valence-corrected chi connectivity index (χ1v) is 15.0. The highest BCUT2D eigenvalue weighted by molar-refractivity contribution is 6.34. The van der Waals surface area contributed by atoms with Crippen LogP contribution in [0.15, 0.2) is 30.6 Å². The molecule has 2 aliphatic rings. The van der Waals surface area contributed by atoms with Gasteiger partial charge in [-0.3, -0.25) is 14.3 Å². The van der Waals surface area contributed by atoms with E-state index in [4.69, 9.17) is 17.3 Å². The summed E-state index contributed by atoms with van der Waals surface area (Å²) in [5.74, 6) is -1.05. The normalized spacial score (nSPS) is 18.6. The monoisotopic (exact) mass is 649 g/mol. The second-order valence-corrected chi connectivity index (χ2v) is 12.2. The third-order valence-corrected chi connectivity index (χ3v) is 8.18. The van der Waals surface area contributed by atoms with E-state index in [0.717, 1.165) is 12.8 Å². The van der Waals surface area contributed by atoms with Crippen molar-refractivity contribution in [1.82, 2.24) is 34.4 Å². The van der Waals surface area contributed by atoms with Crippen LogP contribution in [0.2, 0.25) is 5.02 Å². The van der Waals surface area contributed by atoms with Gasteiger partial charge in [-0.2, -0.15) is 18.3 Å². The van der Waals surface area contributed by atoms with Crippen LogP contribution in [0.4, 0.5) is 23.7 Å². The van der Waals surface area contributed by atoms with Crippen LogP contribution < -0.4 is 16.4 Å². The summed E-state index contributed by atoms with van der Waals surface area (Å²) < 4.78 is 43.9. The lowest BCUT2D eigenvalue weighted by molar-refractivity contribution is -0.141. The Morgan fingerprint density at radius 1 is 1.11 bits per heavy atom. The number of benzene rings is 1. The minimum absolute atomic E-state index is 0.0700. The molecule has 4 N–H and O–H groups in total. The summed E-state index contributed by atoms with van der Waals surface area (Å²) in [6.45, 7) is 5.43. The van der Waals surface area contributed by atoms with Gasteiger partial charge < -0.3 is 30.7 Å². The number of nitrogens with one attached hydrogen (secondary N) is 2. The summed E-state index contributed by atoms with van der Waals surface area (Å²) in [4.78, 5) is 46.1. The Kier molecular flexibility index (Phi) is 9.12. The number of aromatic nitrogens is 4. The molecule has 1 saturated heterocycles. The number of halogens is 4. The Hall–Kier alpha value is -4.11. The average molecular weight is 650 g/mol. The van der Waals surface area contributed by atoms with Gasteiger partial charge in [-0.25, -0.2) is 9.78 Å². The molecule has 242 valence electrons. The van der Waals surface area contributed by atoms with Crippen LogP contribution in [0.1, 0.15) is 53.4 Å². The number of amides is 4. The minimum Gasteiger partial charge on any atom is -0.335 e. The van der Waals surface area contributed by atoms with E-state index in [1.807, 2.05) is 13.8 Å². The molecular weight excluding hydrogens is 615 g/mol. The Morgan fingerprint density at radius 3 is 2.38 bits per heavy atom. The molecule has 1 saturated carbocycles. The minimum atomic E-state index is -4.70. The molecule has 3 aromatic rings. The summed E-state index contributed by atoms with van der Waals surface area (Å²) in [6, 6.07) is 4.46. The largest absolute Gasteiger partial charge is 0.435 e. The number of carbonyl (C=O) groups is 3. The van der Waals surface area contributed by atoms with Crippen LogP contribution in [0, 0.1) is 5.92 Å². The van der Waals surface area contributed by atoms with Gasteiger partial charge in [0.05, 0.1) is 28.0 Å². The van der Waals surface area contributed by atoms with Crippen LogP contribution in [0.5, 0.6) is 0 Å². The van der Waals surface area contributed by atoms with E-state index in [-0.39, 0.29) is 69.8 Å². The molecule has 5 rings (SSSR count). The van der Waals surface area contributed by atoms with Gasteiger partial charge in [0.2, 0.25) is 0 Å². The smallest absolute Gasteiger partial charge is 0.335 e. The summed E-state index contributed by atoms with van der Waals surface area (Å²) >= 11 is 6.44. The molecule has 0 unspecified atom stereocenters. The molecular formula is C29H35ClF3N9O3. The predicted octanol–water partition coefficient (Wildman–Crippen LogP) is 3.82. The average Bonchev–Trinajstić information content (AvgIpc) is 3.54. The number of alkyl halides is 3. The molecule has 1 aliphatic carbocycles. The fourth-order valence-electron chi connectivity index (χ4n) is 5.44. The molecule has 1 aliphatic heterocycles. The van der Waals surface area contributed by atoms with Crippen molar-refractivity contribution in [3.63, 3.8) is 0 Å². The van der Waals surface area contributed by atoms with Gasteiger partial charge >= 0.3 is 12.2 Å². The second kappa shape index (κ2) is 12.7. The quantitative estimate of drug-likeness (QED) is 0.355. The van der Waals surface area contributed by atoms with Crippen molar-refractivity contribution >= 4 is 35.1 Å². The van der Waals surface area contributed by atoms with Crippen molar-refractivity contribution in [2.24, 2.45) is 18.7 Å². The first-order valence-electron chi connectivity index (χ1n) is 14.6. The number of carbonyl (C=O) groups excluding carboxylic acids is 3. The summed E-state index contributed by atoms with van der Waals surface area (Å²) in [6.07, 6.45) is -0.683. The number of anilines is 1. The SMILES string of the molecule is CC(C)Cn1cc(-c2cnc(C(=O)Nc3ccc(C(=O)N4CCN(C(=O)N[C@H]5C[C@@H](N)C5)CC4)c(Cl)c3)n2C)c(C(F)(F)F)n1. The standard InChI is InChI=1S/C29H35ClF3N9O3/c1-16(2)14-42-15-21(24(38-42)29(31,32)33)23-13-35-25(39(23)3)26(43)36-18-4-5-20(22(30)12-18)27(44)40-6-8-41(9-7-40)28(45)37-19-10-17(34)11-19/h4-5,12-13,15-17,19H,6-11,14,34H2,1-3H3,(H,36,43)(H,37,45)/t17-,19+. The number of piperazine rings is 1. The van der Waals surface area contributed by atoms with Crippen molar-refractivity contribution in [2.45, 2.75) is 51.5 Å². The van der Waals surface area contributed by atoms with Gasteiger partial charge in [0, 0.05) is 63.7 Å². The third kappa shape index (κ3) is 7.09. The molecule has 2 fully saturated rings. The number of urea groups is 1. The zero-order chi connectivity index (χ0) is 32.6. The Morgan fingerprint density at radius 2 is 1.78 bits per heavy atom. The number of hydrogen-bond acceptors (Lipinski definition) is 6. The highest BCUT2D eigenvalue weighted by Gasteiger charge is 2.39. The second-order valence-electron chi connectivity index (χ2n) is 11.8. The van der Waals surface area contributed by atoms with Crippen LogP contribution in [-0.4, -0.2) is 85.2 Å². The number of nitrogens with two attached hydrogens (primary N) is 1. The fourth-order valence-corrected chi connectivity index (χ4v) is 5.70. The summed E-state index contributed by atoms with van der Waals surface area (Å²) in [5, 5.41) is 9.44. The van der Waals surface area contributed by atoms with E-state index in [9.17, 15) is 27.6 Å². The molecule has 0 atom stereocenters. The van der Waals surface area contributed by atoms with E-state index < -0.39 is 17.8 Å². The van der Waals surface area contributed by atoms with E-state index in [0.29, 0.717) is 26.2 Å². The van der Waals surface area contributed by atoms with E-state index in [2.05, 4.69) is 20.7 Å². The molecule has 0 spiro atoms. The highest BCUT2D eigenvalue weighted by Crippen LogP contribution is 2.36. The molecule has 1 aromatic carbocycles. The lowest BCUT2D eigenvalue weighted by Gasteiger charge is -2.38. The van der Waals surface area contributed by atoms with E-state index in [1.54, 1.807) is 9.80 Å². The van der Waals surface area contributed by atoms with Crippen molar-refractivity contribution in [2.75, 3.05) is 31.5 Å². The first-order chi connectivity index (χ1) is 21.2. The van der Waals surface area contributed by atoms with Gasteiger partial charge in [-0.05, 0) is 37.0 Å². The molecule has 4 amide bonds. The summed E-state index contributed by atoms with van der Waals surface area (Å²) in [7, 11) is 1.44. The number of hydrogen-bond donors (Lipinski definition) is 3. The molecule has 16 heteroatoms. The number of imidazole rings is 1. The van der Waals surface area contributed by atoms with Crippen molar-refractivity contribution in [3.05, 3.63) is 52.7 Å². The predicted molar refractivity (Wildman–Crippen MR) is 161 cm³/mol. The third-order valence-electron chi connectivity index (χ3n) is 7.86. The molecule has 0 radical (unpaired) electrons. The maximum absolute atomic E-state index is 13.8.